The molecule has 0 radical (unpaired) electrons. The maximum absolute atomic E-state index is 13.2. The topological polar surface area (TPSA) is 32.3 Å². The number of piperidine rings is 1. The van der Waals surface area contributed by atoms with Crippen molar-refractivity contribution in [1.29, 1.82) is 0 Å². The number of benzene rings is 2. The van der Waals surface area contributed by atoms with Crippen LogP contribution in [0.5, 0.6) is 0 Å². The van der Waals surface area contributed by atoms with Crippen LogP contribution in [0.4, 0.5) is 24.5 Å². The lowest BCUT2D eigenvalue weighted by molar-refractivity contribution is -0.137. The van der Waals surface area contributed by atoms with E-state index in [9.17, 15) is 18.0 Å². The molecule has 1 fully saturated rings. The Bertz CT molecular complexity index is 847. The Kier molecular flexibility index (Phi) is 6.07. The van der Waals surface area contributed by atoms with Gasteiger partial charge in [0.25, 0.3) is 0 Å². The van der Waals surface area contributed by atoms with Crippen molar-refractivity contribution in [2.45, 2.75) is 38.4 Å². The maximum Gasteiger partial charge on any atom is 0.416 e. The molecule has 28 heavy (non-hydrogen) atoms. The van der Waals surface area contributed by atoms with Crippen LogP contribution in [0, 0.1) is 0 Å². The molecule has 1 heterocycles. The van der Waals surface area contributed by atoms with Gasteiger partial charge in [0.15, 0.2) is 0 Å². The van der Waals surface area contributed by atoms with Crippen molar-refractivity contribution < 1.29 is 18.0 Å². The van der Waals surface area contributed by atoms with E-state index in [2.05, 4.69) is 17.1 Å². The molecule has 3 nitrogen and oxygen atoms in total. The van der Waals surface area contributed by atoms with Crippen molar-refractivity contribution in [3.05, 3.63) is 65.7 Å². The minimum absolute atomic E-state index is 0.186. The second kappa shape index (κ2) is 8.50. The minimum Gasteiger partial charge on any atom is -0.367 e. The maximum atomic E-state index is 13.2. The van der Waals surface area contributed by atoms with Gasteiger partial charge < -0.3 is 10.2 Å². The fourth-order valence-corrected chi connectivity index (χ4v) is 3.43. The summed E-state index contributed by atoms with van der Waals surface area (Å²) in [5.41, 5.74) is 0.878. The molecule has 148 valence electrons. The summed E-state index contributed by atoms with van der Waals surface area (Å²) in [4.78, 5) is 14.4. The van der Waals surface area contributed by atoms with Crippen LogP contribution in [0.1, 0.15) is 37.3 Å². The van der Waals surface area contributed by atoms with Crippen LogP contribution in [0.2, 0.25) is 0 Å². The van der Waals surface area contributed by atoms with Crippen LogP contribution >= 0.6 is 0 Å². The number of halogens is 3. The molecule has 0 bridgehead atoms. The molecule has 1 aliphatic rings. The Balaban J connectivity index is 1.87. The largest absolute Gasteiger partial charge is 0.416 e. The monoisotopic (exact) mass is 388 g/mol. The lowest BCUT2D eigenvalue weighted by Crippen LogP contribution is -2.38. The van der Waals surface area contributed by atoms with Crippen LogP contribution in [-0.4, -0.2) is 18.5 Å². The zero-order valence-electron chi connectivity index (χ0n) is 15.7. The highest BCUT2D eigenvalue weighted by Gasteiger charge is 2.32. The molecule has 6 heteroatoms. The molecule has 1 atom stereocenters. The SMILES string of the molecule is CC1CCCCN1c1ccc(C(F)(F)F)cc1NC(=O)/C=C/c1ccccc1. The first-order chi connectivity index (χ1) is 13.3. The summed E-state index contributed by atoms with van der Waals surface area (Å²) in [6.45, 7) is 2.81. The van der Waals surface area contributed by atoms with Gasteiger partial charge in [0, 0.05) is 18.7 Å². The number of rotatable bonds is 4. The Morgan fingerprint density at radius 2 is 1.89 bits per heavy atom. The Hall–Kier alpha value is -2.76. The second-order valence-electron chi connectivity index (χ2n) is 7.00. The van der Waals surface area contributed by atoms with E-state index in [1.54, 1.807) is 6.08 Å². The molecule has 1 N–H and O–H groups in total. The predicted molar refractivity (Wildman–Crippen MR) is 106 cm³/mol. The van der Waals surface area contributed by atoms with E-state index < -0.39 is 17.6 Å². The molecular weight excluding hydrogens is 365 g/mol. The third-order valence-electron chi connectivity index (χ3n) is 4.92. The van der Waals surface area contributed by atoms with Crippen LogP contribution in [0.15, 0.2) is 54.6 Å². The van der Waals surface area contributed by atoms with Crippen molar-refractivity contribution in [3.8, 4) is 0 Å². The molecule has 3 rings (SSSR count). The van der Waals surface area contributed by atoms with Gasteiger partial charge in [0.1, 0.15) is 0 Å². The number of hydrogen-bond acceptors (Lipinski definition) is 2. The van der Waals surface area contributed by atoms with Crippen molar-refractivity contribution in [2.75, 3.05) is 16.8 Å². The second-order valence-corrected chi connectivity index (χ2v) is 7.00. The quantitative estimate of drug-likeness (QED) is 0.678. The van der Waals surface area contributed by atoms with Gasteiger partial charge in [-0.2, -0.15) is 13.2 Å². The van der Waals surface area contributed by atoms with Crippen LogP contribution in [0.3, 0.4) is 0 Å². The lowest BCUT2D eigenvalue weighted by atomic mass is 10.0. The number of carbonyl (C=O) groups is 1. The van der Waals surface area contributed by atoms with E-state index in [-0.39, 0.29) is 11.7 Å². The van der Waals surface area contributed by atoms with Crippen molar-refractivity contribution in [1.82, 2.24) is 0 Å². The predicted octanol–water partition coefficient (Wildman–Crippen LogP) is 5.74. The summed E-state index contributed by atoms with van der Waals surface area (Å²) >= 11 is 0. The van der Waals surface area contributed by atoms with Gasteiger partial charge in [-0.1, -0.05) is 30.3 Å². The number of amides is 1. The molecular formula is C22H23F3N2O. The smallest absolute Gasteiger partial charge is 0.367 e. The molecule has 2 aromatic carbocycles. The standard InChI is InChI=1S/C22H23F3N2O/c1-16-7-5-6-14-27(16)20-12-11-18(22(23,24)25)15-19(20)26-21(28)13-10-17-8-3-2-4-9-17/h2-4,8-13,15-16H,5-7,14H2,1H3,(H,26,28)/b13-10+. The zero-order valence-corrected chi connectivity index (χ0v) is 15.7. The van der Waals surface area contributed by atoms with E-state index in [0.29, 0.717) is 5.69 Å². The van der Waals surface area contributed by atoms with Crippen molar-refractivity contribution in [2.24, 2.45) is 0 Å². The highest BCUT2D eigenvalue weighted by Crippen LogP contribution is 2.37. The van der Waals surface area contributed by atoms with Gasteiger partial charge in [-0.25, -0.2) is 0 Å². The number of nitrogens with zero attached hydrogens (tertiary/aromatic N) is 1. The first-order valence-corrected chi connectivity index (χ1v) is 9.36. The number of nitrogens with one attached hydrogen (secondary N) is 1. The Morgan fingerprint density at radius 3 is 2.57 bits per heavy atom. The third kappa shape index (κ3) is 4.94. The number of carbonyl (C=O) groups excluding carboxylic acids is 1. The van der Waals surface area contributed by atoms with Crippen molar-refractivity contribution in [3.63, 3.8) is 0 Å². The molecule has 1 saturated heterocycles. The summed E-state index contributed by atoms with van der Waals surface area (Å²) in [6.07, 6.45) is 1.55. The molecule has 0 saturated carbocycles. The lowest BCUT2D eigenvalue weighted by Gasteiger charge is -2.36. The highest BCUT2D eigenvalue weighted by atomic mass is 19.4. The van der Waals surface area contributed by atoms with Gasteiger partial charge in [-0.3, -0.25) is 4.79 Å². The normalized spacial score (nSPS) is 17.7. The first-order valence-electron chi connectivity index (χ1n) is 9.36. The van der Waals surface area contributed by atoms with Gasteiger partial charge in [-0.15, -0.1) is 0 Å². The average Bonchev–Trinajstić information content (AvgIpc) is 2.67. The molecule has 1 unspecified atom stereocenters. The van der Waals surface area contributed by atoms with Crippen LogP contribution in [0.25, 0.3) is 6.08 Å². The number of anilines is 2. The summed E-state index contributed by atoms with van der Waals surface area (Å²) in [7, 11) is 0. The summed E-state index contributed by atoms with van der Waals surface area (Å²) in [6, 6.07) is 13.0. The Morgan fingerprint density at radius 1 is 1.14 bits per heavy atom. The molecule has 0 aliphatic carbocycles. The highest BCUT2D eigenvalue weighted by molar-refractivity contribution is 6.04. The minimum atomic E-state index is -4.47. The van der Waals surface area contributed by atoms with Gasteiger partial charge in [-0.05, 0) is 56.0 Å². The first kappa shape index (κ1) is 20.0. The molecule has 2 aromatic rings. The van der Waals surface area contributed by atoms with E-state index >= 15 is 0 Å². The van der Waals surface area contributed by atoms with Gasteiger partial charge >= 0.3 is 6.18 Å². The van der Waals surface area contributed by atoms with E-state index in [4.69, 9.17) is 0 Å². The fourth-order valence-electron chi connectivity index (χ4n) is 3.43. The van der Waals surface area contributed by atoms with Crippen LogP contribution in [-0.2, 0) is 11.0 Å². The molecule has 0 aromatic heterocycles. The molecule has 0 spiro atoms. The fraction of sp³-hybridized carbons (Fsp3) is 0.318. The summed E-state index contributed by atoms with van der Waals surface area (Å²) in [5.74, 6) is -0.464. The zero-order chi connectivity index (χ0) is 20.1. The Labute approximate surface area is 162 Å². The number of hydrogen-bond donors (Lipinski definition) is 1. The van der Waals surface area contributed by atoms with Gasteiger partial charge in [0.2, 0.25) is 5.91 Å². The van der Waals surface area contributed by atoms with E-state index in [1.165, 1.54) is 12.1 Å². The summed E-state index contributed by atoms with van der Waals surface area (Å²) < 4.78 is 39.6. The number of alkyl halides is 3. The van der Waals surface area contributed by atoms with E-state index in [0.717, 1.165) is 43.5 Å². The summed E-state index contributed by atoms with van der Waals surface area (Å²) in [5, 5.41) is 2.64. The molecule has 1 amide bonds. The van der Waals surface area contributed by atoms with Gasteiger partial charge in [0.05, 0.1) is 16.9 Å². The van der Waals surface area contributed by atoms with Crippen molar-refractivity contribution >= 4 is 23.4 Å². The average molecular weight is 388 g/mol. The third-order valence-corrected chi connectivity index (χ3v) is 4.92. The molecule has 1 aliphatic heterocycles. The van der Waals surface area contributed by atoms with Crippen LogP contribution < -0.4 is 10.2 Å². The van der Waals surface area contributed by atoms with E-state index in [1.807, 2.05) is 30.3 Å².